The third-order valence-corrected chi connectivity index (χ3v) is 3.74. The van der Waals surface area contributed by atoms with Gasteiger partial charge in [0.05, 0.1) is 14.2 Å². The monoisotopic (exact) mass is 353 g/mol. The molecule has 3 rings (SSSR count). The van der Waals surface area contributed by atoms with E-state index in [2.05, 4.69) is 25.3 Å². The molecule has 0 aliphatic carbocycles. The zero-order valence-corrected chi connectivity index (χ0v) is 14.5. The third-order valence-electron chi connectivity index (χ3n) is 3.74. The molecule has 0 spiro atoms. The molecule has 3 aromatic rings. The van der Waals surface area contributed by atoms with E-state index in [4.69, 9.17) is 9.47 Å². The minimum Gasteiger partial charge on any atom is -0.493 e. The standard InChI is InChI=1S/C18H19N5O3/c1-25-14-4-3-12(11-15(14)26-2)5-10-20-17-21-16(22-18(24)23-17)13-6-8-19-9-7-13/h3-4,6-9,11H,5,10H2,1-2H3,(H2,20,21,22,23,24). The van der Waals surface area contributed by atoms with Crippen LogP contribution in [-0.4, -0.2) is 40.7 Å². The van der Waals surface area contributed by atoms with Crippen LogP contribution in [0.3, 0.4) is 0 Å². The van der Waals surface area contributed by atoms with E-state index in [9.17, 15) is 4.79 Å². The van der Waals surface area contributed by atoms with Gasteiger partial charge in [-0.3, -0.25) is 9.97 Å². The van der Waals surface area contributed by atoms with Crippen LogP contribution in [-0.2, 0) is 6.42 Å². The van der Waals surface area contributed by atoms with Crippen LogP contribution in [0.15, 0.2) is 47.5 Å². The number of methoxy groups -OCH3 is 2. The molecule has 0 unspecified atom stereocenters. The molecule has 0 saturated heterocycles. The first kappa shape index (κ1) is 17.4. The van der Waals surface area contributed by atoms with Crippen molar-refractivity contribution in [1.29, 1.82) is 0 Å². The van der Waals surface area contributed by atoms with Crippen LogP contribution in [0.5, 0.6) is 11.5 Å². The number of H-pyrrole nitrogens is 1. The molecule has 2 N–H and O–H groups in total. The molecule has 0 aliphatic heterocycles. The number of aromatic amines is 1. The van der Waals surface area contributed by atoms with Crippen molar-refractivity contribution in [1.82, 2.24) is 19.9 Å². The van der Waals surface area contributed by atoms with Crippen molar-refractivity contribution in [2.24, 2.45) is 0 Å². The minimum atomic E-state index is -0.458. The van der Waals surface area contributed by atoms with Crippen molar-refractivity contribution in [2.75, 3.05) is 26.1 Å². The van der Waals surface area contributed by atoms with Gasteiger partial charge in [0.15, 0.2) is 17.3 Å². The highest BCUT2D eigenvalue weighted by atomic mass is 16.5. The van der Waals surface area contributed by atoms with Crippen LogP contribution in [0.2, 0.25) is 0 Å². The molecule has 1 aromatic carbocycles. The van der Waals surface area contributed by atoms with Gasteiger partial charge < -0.3 is 14.8 Å². The fraction of sp³-hybridized carbons (Fsp3) is 0.222. The Morgan fingerprint density at radius 1 is 1.04 bits per heavy atom. The zero-order chi connectivity index (χ0) is 18.4. The molecule has 0 saturated carbocycles. The maximum absolute atomic E-state index is 11.8. The van der Waals surface area contributed by atoms with Gasteiger partial charge in [-0.1, -0.05) is 6.07 Å². The summed E-state index contributed by atoms with van der Waals surface area (Å²) >= 11 is 0. The van der Waals surface area contributed by atoms with Crippen LogP contribution in [0.4, 0.5) is 5.95 Å². The second-order valence-electron chi connectivity index (χ2n) is 5.43. The minimum absolute atomic E-state index is 0.352. The van der Waals surface area contributed by atoms with Gasteiger partial charge in [-0.05, 0) is 36.2 Å². The third kappa shape index (κ3) is 4.15. The van der Waals surface area contributed by atoms with Gasteiger partial charge in [0, 0.05) is 24.5 Å². The Hall–Kier alpha value is -3.42. The highest BCUT2D eigenvalue weighted by molar-refractivity contribution is 5.54. The van der Waals surface area contributed by atoms with Crippen LogP contribution in [0.1, 0.15) is 5.56 Å². The number of benzene rings is 1. The van der Waals surface area contributed by atoms with Crippen LogP contribution < -0.4 is 20.5 Å². The topological polar surface area (TPSA) is 102 Å². The van der Waals surface area contributed by atoms with Crippen molar-refractivity contribution < 1.29 is 9.47 Å². The number of hydrogen-bond acceptors (Lipinski definition) is 7. The number of anilines is 1. The van der Waals surface area contributed by atoms with E-state index in [1.54, 1.807) is 38.7 Å². The van der Waals surface area contributed by atoms with Crippen molar-refractivity contribution in [2.45, 2.75) is 6.42 Å². The summed E-state index contributed by atoms with van der Waals surface area (Å²) in [5, 5.41) is 3.12. The fourth-order valence-corrected chi connectivity index (χ4v) is 2.46. The Kier molecular flexibility index (Phi) is 5.43. The summed E-state index contributed by atoms with van der Waals surface area (Å²) in [6.45, 7) is 0.582. The predicted molar refractivity (Wildman–Crippen MR) is 97.6 cm³/mol. The van der Waals surface area contributed by atoms with Gasteiger partial charge in [-0.15, -0.1) is 0 Å². The molecule has 0 fully saturated rings. The number of nitrogens with zero attached hydrogens (tertiary/aromatic N) is 3. The Labute approximate surface area is 150 Å². The number of aromatic nitrogens is 4. The predicted octanol–water partition coefficient (Wildman–Crippen LogP) is 1.90. The number of hydrogen-bond donors (Lipinski definition) is 2. The van der Waals surface area contributed by atoms with Crippen LogP contribution in [0.25, 0.3) is 11.4 Å². The molecule has 134 valence electrons. The van der Waals surface area contributed by atoms with Gasteiger partial charge >= 0.3 is 5.69 Å². The van der Waals surface area contributed by atoms with E-state index in [-0.39, 0.29) is 0 Å². The Balaban J connectivity index is 1.69. The number of rotatable bonds is 7. The van der Waals surface area contributed by atoms with Crippen molar-refractivity contribution in [3.05, 3.63) is 58.8 Å². The molecule has 8 heteroatoms. The summed E-state index contributed by atoms with van der Waals surface area (Å²) in [6, 6.07) is 9.26. The lowest BCUT2D eigenvalue weighted by atomic mass is 10.1. The lowest BCUT2D eigenvalue weighted by Crippen LogP contribution is -2.18. The summed E-state index contributed by atoms with van der Waals surface area (Å²) in [6.07, 6.45) is 3.98. The fourth-order valence-electron chi connectivity index (χ4n) is 2.46. The number of nitrogens with one attached hydrogen (secondary N) is 2. The normalized spacial score (nSPS) is 10.4. The van der Waals surface area contributed by atoms with Gasteiger partial charge in [-0.25, -0.2) is 4.79 Å². The van der Waals surface area contributed by atoms with Crippen LogP contribution in [0, 0.1) is 0 Å². The molecule has 0 atom stereocenters. The Bertz CT molecular complexity index is 928. The molecule has 0 amide bonds. The molecule has 0 bridgehead atoms. The van der Waals surface area contributed by atoms with E-state index >= 15 is 0 Å². The van der Waals surface area contributed by atoms with E-state index in [0.29, 0.717) is 29.8 Å². The van der Waals surface area contributed by atoms with Gasteiger partial charge in [0.25, 0.3) is 0 Å². The highest BCUT2D eigenvalue weighted by Gasteiger charge is 2.07. The summed E-state index contributed by atoms with van der Waals surface area (Å²) in [5.74, 6) is 2.09. The van der Waals surface area contributed by atoms with Gasteiger partial charge in [0.2, 0.25) is 5.95 Å². The van der Waals surface area contributed by atoms with Crippen LogP contribution >= 0.6 is 0 Å². The lowest BCUT2D eigenvalue weighted by Gasteiger charge is -2.10. The number of ether oxygens (including phenoxy) is 2. The van der Waals surface area contributed by atoms with E-state index < -0.39 is 5.69 Å². The second kappa shape index (κ2) is 8.11. The van der Waals surface area contributed by atoms with Gasteiger partial charge in [0.1, 0.15) is 0 Å². The molecule has 26 heavy (non-hydrogen) atoms. The second-order valence-corrected chi connectivity index (χ2v) is 5.43. The first-order chi connectivity index (χ1) is 12.7. The average molecular weight is 353 g/mol. The molecule has 0 radical (unpaired) electrons. The Morgan fingerprint density at radius 2 is 1.81 bits per heavy atom. The quantitative estimate of drug-likeness (QED) is 0.669. The highest BCUT2D eigenvalue weighted by Crippen LogP contribution is 2.27. The van der Waals surface area contributed by atoms with Gasteiger partial charge in [-0.2, -0.15) is 9.97 Å². The van der Waals surface area contributed by atoms with Crippen molar-refractivity contribution in [3.63, 3.8) is 0 Å². The first-order valence-corrected chi connectivity index (χ1v) is 8.03. The molecule has 2 aromatic heterocycles. The van der Waals surface area contributed by atoms with E-state index in [0.717, 1.165) is 17.5 Å². The Morgan fingerprint density at radius 3 is 2.54 bits per heavy atom. The lowest BCUT2D eigenvalue weighted by molar-refractivity contribution is 0.354. The molecular weight excluding hydrogens is 334 g/mol. The molecule has 2 heterocycles. The number of pyridine rings is 1. The average Bonchev–Trinajstić information content (AvgIpc) is 2.68. The first-order valence-electron chi connectivity index (χ1n) is 8.03. The summed E-state index contributed by atoms with van der Waals surface area (Å²) < 4.78 is 10.5. The van der Waals surface area contributed by atoms with E-state index in [1.807, 2.05) is 18.2 Å². The zero-order valence-electron chi connectivity index (χ0n) is 14.5. The molecule has 0 aliphatic rings. The SMILES string of the molecule is COc1ccc(CCNc2nc(-c3ccncc3)nc(=O)[nH]2)cc1OC. The molecular formula is C18H19N5O3. The maximum atomic E-state index is 11.8. The molecule has 8 nitrogen and oxygen atoms in total. The largest absolute Gasteiger partial charge is 0.493 e. The maximum Gasteiger partial charge on any atom is 0.349 e. The summed E-state index contributed by atoms with van der Waals surface area (Å²) in [7, 11) is 3.21. The van der Waals surface area contributed by atoms with E-state index in [1.165, 1.54) is 0 Å². The van der Waals surface area contributed by atoms with Crippen molar-refractivity contribution in [3.8, 4) is 22.9 Å². The summed E-state index contributed by atoms with van der Waals surface area (Å²) in [4.78, 5) is 26.6. The van der Waals surface area contributed by atoms with Crippen molar-refractivity contribution >= 4 is 5.95 Å². The summed E-state index contributed by atoms with van der Waals surface area (Å²) in [5.41, 5.74) is 1.34. The smallest absolute Gasteiger partial charge is 0.349 e.